The maximum absolute atomic E-state index is 12.1. The summed E-state index contributed by atoms with van der Waals surface area (Å²) in [7, 11) is -1.96. The number of hydrogen-bond donors (Lipinski definition) is 2. The largest absolute Gasteiger partial charge is 0.346 e. The summed E-state index contributed by atoms with van der Waals surface area (Å²) in [5.41, 5.74) is 0.839. The molecule has 0 saturated heterocycles. The van der Waals surface area contributed by atoms with Crippen LogP contribution < -0.4 is 10.0 Å². The van der Waals surface area contributed by atoms with Gasteiger partial charge in [-0.05, 0) is 24.6 Å². The van der Waals surface area contributed by atoms with Crippen LogP contribution in [-0.4, -0.2) is 44.5 Å². The average Bonchev–Trinajstić information content (AvgIpc) is 2.49. The molecule has 1 aromatic carbocycles. The lowest BCUT2D eigenvalue weighted by Crippen LogP contribution is -2.30. The minimum Gasteiger partial charge on any atom is -0.346 e. The Labute approximate surface area is 143 Å². The summed E-state index contributed by atoms with van der Waals surface area (Å²) in [6.45, 7) is 4.03. The van der Waals surface area contributed by atoms with Gasteiger partial charge in [0.25, 0.3) is 0 Å². The van der Waals surface area contributed by atoms with Crippen molar-refractivity contribution in [2.24, 2.45) is 0 Å². The molecule has 2 amide bonds. The zero-order valence-corrected chi connectivity index (χ0v) is 15.1. The number of rotatable bonds is 9. The fraction of sp³-hybridized carbons (Fsp3) is 0.500. The predicted molar refractivity (Wildman–Crippen MR) is 95.3 cm³/mol. The fourth-order valence-electron chi connectivity index (χ4n) is 2.03. The van der Waals surface area contributed by atoms with Crippen molar-refractivity contribution in [3.8, 4) is 0 Å². The van der Waals surface area contributed by atoms with E-state index < -0.39 is 10.0 Å². The van der Waals surface area contributed by atoms with Gasteiger partial charge in [-0.2, -0.15) is 0 Å². The lowest BCUT2D eigenvalue weighted by molar-refractivity contribution is -0.129. The van der Waals surface area contributed by atoms with E-state index in [1.165, 1.54) is 13.0 Å². The molecule has 0 bridgehead atoms. The van der Waals surface area contributed by atoms with Crippen molar-refractivity contribution in [2.75, 3.05) is 29.4 Å². The number of carbonyl (C=O) groups excluding carboxylic acids is 2. The van der Waals surface area contributed by atoms with Crippen LogP contribution in [0.1, 0.15) is 33.1 Å². The SMILES string of the molecule is CCCCN(C)C(=O)CCS(=O)(=O)Nc1cccc(NC(C)=O)c1. The molecule has 0 spiro atoms. The molecule has 1 rings (SSSR count). The highest BCUT2D eigenvalue weighted by Gasteiger charge is 2.16. The second-order valence-electron chi connectivity index (χ2n) is 5.60. The van der Waals surface area contributed by atoms with Gasteiger partial charge < -0.3 is 10.2 Å². The molecule has 7 nitrogen and oxygen atoms in total. The number of anilines is 2. The average molecular weight is 355 g/mol. The first-order valence-electron chi connectivity index (χ1n) is 7.85. The Kier molecular flexibility index (Phi) is 7.70. The van der Waals surface area contributed by atoms with E-state index in [0.717, 1.165) is 12.8 Å². The van der Waals surface area contributed by atoms with Gasteiger partial charge in [0.2, 0.25) is 21.8 Å². The number of carbonyl (C=O) groups is 2. The molecule has 0 aliphatic heterocycles. The molecular weight excluding hydrogens is 330 g/mol. The molecule has 1 aromatic rings. The van der Waals surface area contributed by atoms with E-state index in [9.17, 15) is 18.0 Å². The summed E-state index contributed by atoms with van der Waals surface area (Å²) in [6, 6.07) is 6.39. The van der Waals surface area contributed by atoms with Gasteiger partial charge in [-0.25, -0.2) is 8.42 Å². The molecule has 0 fully saturated rings. The minimum absolute atomic E-state index is 0.0685. The molecule has 2 N–H and O–H groups in total. The zero-order chi connectivity index (χ0) is 18.2. The summed E-state index contributed by atoms with van der Waals surface area (Å²) in [6.07, 6.45) is 1.80. The van der Waals surface area contributed by atoms with E-state index in [1.54, 1.807) is 30.1 Å². The van der Waals surface area contributed by atoms with Crippen molar-refractivity contribution < 1.29 is 18.0 Å². The third-order valence-electron chi connectivity index (χ3n) is 3.31. The Morgan fingerprint density at radius 3 is 2.50 bits per heavy atom. The van der Waals surface area contributed by atoms with Gasteiger partial charge in [0.05, 0.1) is 11.4 Å². The lowest BCUT2D eigenvalue weighted by Gasteiger charge is -2.17. The molecule has 0 saturated carbocycles. The summed E-state index contributed by atoms with van der Waals surface area (Å²) >= 11 is 0. The Morgan fingerprint density at radius 2 is 1.88 bits per heavy atom. The summed E-state index contributed by atoms with van der Waals surface area (Å²) in [4.78, 5) is 24.5. The maximum atomic E-state index is 12.1. The van der Waals surface area contributed by atoms with Crippen molar-refractivity contribution in [3.05, 3.63) is 24.3 Å². The van der Waals surface area contributed by atoms with Gasteiger partial charge in [-0.15, -0.1) is 0 Å². The first kappa shape index (κ1) is 20.0. The quantitative estimate of drug-likeness (QED) is 0.708. The molecule has 0 aromatic heterocycles. The van der Waals surface area contributed by atoms with E-state index >= 15 is 0 Å². The highest BCUT2D eigenvalue weighted by molar-refractivity contribution is 7.92. The normalized spacial score (nSPS) is 11.0. The topological polar surface area (TPSA) is 95.6 Å². The molecule has 0 unspecified atom stereocenters. The molecule has 0 aliphatic carbocycles. The Morgan fingerprint density at radius 1 is 1.21 bits per heavy atom. The Hall–Kier alpha value is -2.09. The van der Waals surface area contributed by atoms with Gasteiger partial charge in [0.1, 0.15) is 0 Å². The van der Waals surface area contributed by atoms with Crippen molar-refractivity contribution >= 4 is 33.2 Å². The monoisotopic (exact) mass is 355 g/mol. The molecular formula is C16H25N3O4S. The van der Waals surface area contributed by atoms with Gasteiger partial charge >= 0.3 is 0 Å². The summed E-state index contributed by atoms with van der Waals surface area (Å²) in [5, 5.41) is 2.58. The molecule has 0 radical (unpaired) electrons. The smallest absolute Gasteiger partial charge is 0.233 e. The van der Waals surface area contributed by atoms with Crippen molar-refractivity contribution in [3.63, 3.8) is 0 Å². The van der Waals surface area contributed by atoms with E-state index in [-0.39, 0.29) is 24.0 Å². The van der Waals surface area contributed by atoms with Crippen LogP contribution in [0.15, 0.2) is 24.3 Å². The molecule has 134 valence electrons. The number of nitrogens with one attached hydrogen (secondary N) is 2. The van der Waals surface area contributed by atoms with Gasteiger partial charge in [-0.1, -0.05) is 19.4 Å². The first-order chi connectivity index (χ1) is 11.2. The first-order valence-corrected chi connectivity index (χ1v) is 9.51. The predicted octanol–water partition coefficient (Wildman–Crippen LogP) is 2.04. The number of hydrogen-bond acceptors (Lipinski definition) is 4. The van der Waals surface area contributed by atoms with Crippen molar-refractivity contribution in [1.29, 1.82) is 0 Å². The zero-order valence-electron chi connectivity index (χ0n) is 14.3. The standard InChI is InChI=1S/C16H25N3O4S/c1-4-5-10-19(3)16(21)9-11-24(22,23)18-15-8-6-7-14(12-15)17-13(2)20/h6-8,12,18H,4-5,9-11H2,1-3H3,(H,17,20). The van der Waals surface area contributed by atoms with Crippen LogP contribution >= 0.6 is 0 Å². The second-order valence-corrected chi connectivity index (χ2v) is 7.44. The third kappa shape index (κ3) is 7.45. The van der Waals surface area contributed by atoms with Crippen LogP contribution in [0.3, 0.4) is 0 Å². The van der Waals surface area contributed by atoms with Crippen LogP contribution in [-0.2, 0) is 19.6 Å². The van der Waals surface area contributed by atoms with E-state index in [2.05, 4.69) is 10.0 Å². The van der Waals surface area contributed by atoms with Crippen LogP contribution in [0.2, 0.25) is 0 Å². The number of amides is 2. The van der Waals surface area contributed by atoms with Gasteiger partial charge in [0.15, 0.2) is 0 Å². The van der Waals surface area contributed by atoms with Gasteiger partial charge in [-0.3, -0.25) is 14.3 Å². The molecule has 24 heavy (non-hydrogen) atoms. The summed E-state index contributed by atoms with van der Waals surface area (Å²) < 4.78 is 26.6. The molecule has 0 aliphatic rings. The van der Waals surface area contributed by atoms with Crippen LogP contribution in [0.5, 0.6) is 0 Å². The van der Waals surface area contributed by atoms with Gasteiger partial charge in [0, 0.05) is 32.6 Å². The van der Waals surface area contributed by atoms with Crippen LogP contribution in [0.25, 0.3) is 0 Å². The Balaban J connectivity index is 2.60. The molecule has 8 heteroatoms. The number of benzene rings is 1. The third-order valence-corrected chi connectivity index (χ3v) is 4.60. The van der Waals surface area contributed by atoms with E-state index in [4.69, 9.17) is 0 Å². The minimum atomic E-state index is -3.64. The Bertz CT molecular complexity index is 674. The molecule has 0 atom stereocenters. The number of unbranched alkanes of at least 4 members (excludes halogenated alkanes) is 1. The van der Waals surface area contributed by atoms with E-state index in [0.29, 0.717) is 17.9 Å². The fourth-order valence-corrected chi connectivity index (χ4v) is 3.06. The second kappa shape index (κ2) is 9.27. The van der Waals surface area contributed by atoms with Crippen LogP contribution in [0.4, 0.5) is 11.4 Å². The highest BCUT2D eigenvalue weighted by atomic mass is 32.2. The van der Waals surface area contributed by atoms with Crippen LogP contribution in [0, 0.1) is 0 Å². The number of nitrogens with zero attached hydrogens (tertiary/aromatic N) is 1. The summed E-state index contributed by atoms with van der Waals surface area (Å²) in [5.74, 6) is -0.719. The lowest BCUT2D eigenvalue weighted by atomic mass is 10.3. The van der Waals surface area contributed by atoms with Crippen molar-refractivity contribution in [2.45, 2.75) is 33.1 Å². The highest BCUT2D eigenvalue weighted by Crippen LogP contribution is 2.16. The molecule has 0 heterocycles. The number of sulfonamides is 1. The van der Waals surface area contributed by atoms with Crippen molar-refractivity contribution in [1.82, 2.24) is 4.90 Å². The van der Waals surface area contributed by atoms with E-state index in [1.807, 2.05) is 6.92 Å². The maximum Gasteiger partial charge on any atom is 0.233 e.